The third kappa shape index (κ3) is 57.8. The Morgan fingerprint density at radius 3 is 0.905 bits per heavy atom. The molecule has 3 N–H and O–H groups in total. The highest BCUT2D eigenvalue weighted by Crippen LogP contribution is 2.45. The van der Waals surface area contributed by atoms with Crippen LogP contribution in [0.1, 0.15) is 324 Å². The van der Waals surface area contributed by atoms with Crippen LogP contribution in [0.2, 0.25) is 0 Å². The second-order valence-corrected chi connectivity index (χ2v) is 27.1. The highest BCUT2D eigenvalue weighted by molar-refractivity contribution is 7.47. The smallest absolute Gasteiger partial charge is 0.462 e. The summed E-state index contributed by atoms with van der Waals surface area (Å²) in [6, 6.07) is 0. The quantitative estimate of drug-likeness (QED) is 0.0222. The van der Waals surface area contributed by atoms with Crippen LogP contribution < -0.4 is 0 Å². The summed E-state index contributed by atoms with van der Waals surface area (Å²) in [6.45, 7) is 9.36. The Morgan fingerprint density at radius 1 is 0.345 bits per heavy atom. The fraction of sp³-hybridized carbons (Fsp3) is 0.938. The van der Waals surface area contributed by atoms with Crippen molar-refractivity contribution in [2.75, 3.05) is 39.6 Å². The zero-order valence-electron chi connectivity index (χ0n) is 54.2. The van der Waals surface area contributed by atoms with Gasteiger partial charge in [-0.3, -0.25) is 37.3 Å². The molecule has 19 heteroatoms. The fourth-order valence-electron chi connectivity index (χ4n) is 9.68. The number of aliphatic hydroxyl groups is 1. The van der Waals surface area contributed by atoms with Gasteiger partial charge in [0.2, 0.25) is 0 Å². The Balaban J connectivity index is 5.19. The molecule has 0 radical (unpaired) electrons. The van der Waals surface area contributed by atoms with Crippen molar-refractivity contribution in [3.63, 3.8) is 0 Å². The lowest BCUT2D eigenvalue weighted by molar-refractivity contribution is -0.161. The Labute approximate surface area is 511 Å². The highest BCUT2D eigenvalue weighted by Gasteiger charge is 2.30. The van der Waals surface area contributed by atoms with Crippen LogP contribution >= 0.6 is 15.6 Å². The van der Waals surface area contributed by atoms with Crippen molar-refractivity contribution in [3.05, 3.63) is 0 Å². The summed E-state index contributed by atoms with van der Waals surface area (Å²) in [5.41, 5.74) is 0. The van der Waals surface area contributed by atoms with E-state index in [1.807, 2.05) is 0 Å². The van der Waals surface area contributed by atoms with Crippen LogP contribution in [-0.2, 0) is 65.4 Å². The summed E-state index contributed by atoms with van der Waals surface area (Å²) in [5.74, 6) is -0.714. The Hall–Kier alpha value is -1.94. The average Bonchev–Trinajstić information content (AvgIpc) is 3.59. The van der Waals surface area contributed by atoms with E-state index in [0.29, 0.717) is 31.6 Å². The second kappa shape index (κ2) is 57.5. The lowest BCUT2D eigenvalue weighted by Crippen LogP contribution is -2.30. The Kier molecular flexibility index (Phi) is 56.2. The number of hydrogen-bond donors (Lipinski definition) is 3. The van der Waals surface area contributed by atoms with Crippen LogP contribution in [-0.4, -0.2) is 96.7 Å². The van der Waals surface area contributed by atoms with E-state index >= 15 is 0 Å². The van der Waals surface area contributed by atoms with Gasteiger partial charge in [0.15, 0.2) is 12.2 Å². The number of phosphoric ester groups is 2. The van der Waals surface area contributed by atoms with E-state index in [-0.39, 0.29) is 25.7 Å². The molecule has 0 bridgehead atoms. The van der Waals surface area contributed by atoms with Gasteiger partial charge in [0.25, 0.3) is 0 Å². The molecule has 0 aromatic carbocycles. The SMILES string of the molecule is CCCCCCCCCCCCCCCCCCCC(=O)O[C@H](COC(=O)CCCCCCCCCC(C)C)COP(=O)(O)OC[C@@H](O)COP(=O)(O)OC[C@@H](COC(=O)CCCCCCCCC)OC(=O)CCCCCCCCC(C)CC. The molecule has 0 saturated heterocycles. The Bertz CT molecular complexity index is 1650. The van der Waals surface area contributed by atoms with E-state index < -0.39 is 97.5 Å². The van der Waals surface area contributed by atoms with Crippen LogP contribution in [0.3, 0.4) is 0 Å². The van der Waals surface area contributed by atoms with Crippen LogP contribution in [0.15, 0.2) is 0 Å². The molecule has 0 aromatic heterocycles. The summed E-state index contributed by atoms with van der Waals surface area (Å²) in [7, 11) is -9.88. The minimum absolute atomic E-state index is 0.102. The number of esters is 4. The molecule has 84 heavy (non-hydrogen) atoms. The van der Waals surface area contributed by atoms with Crippen molar-refractivity contribution in [3.8, 4) is 0 Å². The molecule has 498 valence electrons. The topological polar surface area (TPSA) is 237 Å². The Morgan fingerprint density at radius 2 is 0.607 bits per heavy atom. The van der Waals surface area contributed by atoms with Crippen LogP contribution in [0.25, 0.3) is 0 Å². The first-order valence-electron chi connectivity index (χ1n) is 34.0. The minimum atomic E-state index is -4.95. The zero-order chi connectivity index (χ0) is 62.2. The van der Waals surface area contributed by atoms with Gasteiger partial charge in [-0.15, -0.1) is 0 Å². The van der Waals surface area contributed by atoms with Gasteiger partial charge in [0.1, 0.15) is 19.3 Å². The van der Waals surface area contributed by atoms with E-state index in [1.165, 1.54) is 122 Å². The summed E-state index contributed by atoms with van der Waals surface area (Å²) in [5, 5.41) is 10.5. The van der Waals surface area contributed by atoms with Gasteiger partial charge in [-0.25, -0.2) is 9.13 Å². The normalized spacial score (nSPS) is 14.6. The maximum Gasteiger partial charge on any atom is 0.472 e. The predicted octanol–water partition coefficient (Wildman–Crippen LogP) is 18.0. The van der Waals surface area contributed by atoms with Gasteiger partial charge >= 0.3 is 39.5 Å². The van der Waals surface area contributed by atoms with Gasteiger partial charge in [0, 0.05) is 25.7 Å². The molecule has 0 aliphatic rings. The van der Waals surface area contributed by atoms with Crippen molar-refractivity contribution in [2.24, 2.45) is 11.8 Å². The van der Waals surface area contributed by atoms with Gasteiger partial charge in [-0.2, -0.15) is 0 Å². The summed E-state index contributed by atoms with van der Waals surface area (Å²) in [6.07, 6.45) is 40.6. The van der Waals surface area contributed by atoms with Crippen molar-refractivity contribution in [1.29, 1.82) is 0 Å². The fourth-order valence-corrected chi connectivity index (χ4v) is 11.3. The van der Waals surface area contributed by atoms with E-state index in [4.69, 9.17) is 37.0 Å². The molecule has 6 atom stereocenters. The standard InChI is InChI=1S/C65H126O17P2/c1-7-10-12-14-16-17-18-19-20-21-22-23-24-25-29-37-43-49-64(69)81-60(54-76-63(68)48-42-36-30-26-28-33-39-45-57(4)5)55-79-83(71,72)77-51-59(66)52-78-84(73,74)80-56-61(53-75-62(67)47-41-35-27-15-13-11-8-2)82-65(70)50-44-38-32-31-34-40-46-58(6)9-3/h57-61,66H,7-56H2,1-6H3,(H,71,72)(H,73,74)/t58?,59-,60-,61-/m1/s1. The first-order chi connectivity index (χ1) is 40.4. The second-order valence-electron chi connectivity index (χ2n) is 24.2. The minimum Gasteiger partial charge on any atom is -0.462 e. The molecule has 0 aliphatic carbocycles. The van der Waals surface area contributed by atoms with Crippen molar-refractivity contribution in [2.45, 2.75) is 342 Å². The van der Waals surface area contributed by atoms with E-state index in [1.54, 1.807) is 0 Å². The average molecular weight is 1240 g/mol. The van der Waals surface area contributed by atoms with Crippen LogP contribution in [0, 0.1) is 11.8 Å². The number of ether oxygens (including phenoxy) is 4. The molecule has 0 saturated carbocycles. The number of rotatable bonds is 64. The number of aliphatic hydroxyl groups excluding tert-OH is 1. The number of carbonyl (C=O) groups is 4. The van der Waals surface area contributed by atoms with Crippen LogP contribution in [0.4, 0.5) is 0 Å². The molecule has 0 amide bonds. The number of hydrogen-bond acceptors (Lipinski definition) is 15. The molecule has 0 fully saturated rings. The predicted molar refractivity (Wildman–Crippen MR) is 335 cm³/mol. The maximum atomic E-state index is 13.0. The van der Waals surface area contributed by atoms with Crippen molar-refractivity contribution >= 4 is 39.5 Å². The first kappa shape index (κ1) is 82.1. The maximum absolute atomic E-state index is 13.0. The van der Waals surface area contributed by atoms with E-state index in [9.17, 15) is 43.2 Å². The third-order valence-electron chi connectivity index (χ3n) is 15.3. The van der Waals surface area contributed by atoms with E-state index in [0.717, 1.165) is 115 Å². The summed E-state index contributed by atoms with van der Waals surface area (Å²) in [4.78, 5) is 72.1. The molecule has 3 unspecified atom stereocenters. The van der Waals surface area contributed by atoms with Crippen molar-refractivity contribution < 1.29 is 80.2 Å². The highest BCUT2D eigenvalue weighted by atomic mass is 31.2. The first-order valence-corrected chi connectivity index (χ1v) is 37.0. The summed E-state index contributed by atoms with van der Waals surface area (Å²) < 4.78 is 67.9. The van der Waals surface area contributed by atoms with Gasteiger partial charge in [-0.1, -0.05) is 273 Å². The molecule has 0 heterocycles. The number of carbonyl (C=O) groups excluding carboxylic acids is 4. The largest absolute Gasteiger partial charge is 0.472 e. The van der Waals surface area contributed by atoms with Crippen LogP contribution in [0.5, 0.6) is 0 Å². The number of unbranched alkanes of at least 4 members (excludes halogenated alkanes) is 33. The van der Waals surface area contributed by atoms with Gasteiger partial charge < -0.3 is 33.8 Å². The van der Waals surface area contributed by atoms with Gasteiger partial charge in [-0.05, 0) is 37.5 Å². The molecule has 17 nitrogen and oxygen atoms in total. The van der Waals surface area contributed by atoms with Crippen molar-refractivity contribution in [1.82, 2.24) is 0 Å². The zero-order valence-corrected chi connectivity index (χ0v) is 56.0. The lowest BCUT2D eigenvalue weighted by atomic mass is 10.00. The molecular formula is C65H126O17P2. The molecule has 0 spiro atoms. The monoisotopic (exact) mass is 1240 g/mol. The molecule has 0 aliphatic heterocycles. The lowest BCUT2D eigenvalue weighted by Gasteiger charge is -2.21. The molecule has 0 aromatic rings. The molecule has 0 rings (SSSR count). The number of phosphoric acid groups is 2. The van der Waals surface area contributed by atoms with Gasteiger partial charge in [0.05, 0.1) is 26.4 Å². The summed E-state index contributed by atoms with van der Waals surface area (Å²) >= 11 is 0. The third-order valence-corrected chi connectivity index (χ3v) is 17.2. The van der Waals surface area contributed by atoms with E-state index in [2.05, 4.69) is 41.5 Å². The molecular weight excluding hydrogens is 1110 g/mol.